The van der Waals surface area contributed by atoms with Gasteiger partial charge in [-0.15, -0.1) is 0 Å². The van der Waals surface area contributed by atoms with Crippen LogP contribution in [0.15, 0.2) is 24.3 Å². The Labute approximate surface area is 111 Å². The van der Waals surface area contributed by atoms with Gasteiger partial charge in [0.05, 0.1) is 0 Å². The zero-order chi connectivity index (χ0) is 13.6. The van der Waals surface area contributed by atoms with Gasteiger partial charge in [-0.05, 0) is 24.1 Å². The minimum atomic E-state index is -0.0103. The predicted octanol–water partition coefficient (Wildman–Crippen LogP) is 2.25. The molecule has 3 heteroatoms. The highest BCUT2D eigenvalue weighted by Crippen LogP contribution is 2.18. The number of nitrogens with zero attached hydrogens (tertiary/aromatic N) is 1. The summed E-state index contributed by atoms with van der Waals surface area (Å²) >= 11 is 0. The minimum absolute atomic E-state index is 0.0103. The fraction of sp³-hybridized carbons (Fsp3) is 0.600. The van der Waals surface area contributed by atoms with E-state index in [1.54, 1.807) is 0 Å². The predicted molar refractivity (Wildman–Crippen MR) is 78.0 cm³/mol. The lowest BCUT2D eigenvalue weighted by atomic mass is 9.88. The summed E-state index contributed by atoms with van der Waals surface area (Å²) in [7, 11) is 4.09. The molecule has 0 aliphatic carbocycles. The second kappa shape index (κ2) is 6.76. The van der Waals surface area contributed by atoms with Crippen LogP contribution >= 0.6 is 0 Å². The van der Waals surface area contributed by atoms with Crippen molar-refractivity contribution in [3.05, 3.63) is 29.8 Å². The Bertz CT molecular complexity index is 342. The maximum atomic E-state index is 9.33. The number of hydrogen-bond donors (Lipinski definition) is 2. The Morgan fingerprint density at radius 3 is 2.28 bits per heavy atom. The van der Waals surface area contributed by atoms with E-state index in [4.69, 9.17) is 0 Å². The molecule has 1 aromatic carbocycles. The third kappa shape index (κ3) is 4.31. The van der Waals surface area contributed by atoms with Crippen LogP contribution < -0.4 is 10.2 Å². The van der Waals surface area contributed by atoms with E-state index in [-0.39, 0.29) is 12.0 Å². The SMILES string of the molecule is CCC(C)(CO)CNCc1ccc(N(C)C)cc1. The summed E-state index contributed by atoms with van der Waals surface area (Å²) in [5.74, 6) is 0. The summed E-state index contributed by atoms with van der Waals surface area (Å²) < 4.78 is 0. The Kier molecular flexibility index (Phi) is 5.63. The van der Waals surface area contributed by atoms with Gasteiger partial charge in [0.1, 0.15) is 0 Å². The van der Waals surface area contributed by atoms with Crippen molar-refractivity contribution in [3.63, 3.8) is 0 Å². The van der Waals surface area contributed by atoms with Gasteiger partial charge in [0.15, 0.2) is 0 Å². The van der Waals surface area contributed by atoms with Crippen molar-refractivity contribution in [1.29, 1.82) is 0 Å². The first-order chi connectivity index (χ1) is 8.50. The zero-order valence-electron chi connectivity index (χ0n) is 12.0. The Morgan fingerprint density at radius 1 is 1.22 bits per heavy atom. The van der Waals surface area contributed by atoms with Crippen LogP contribution in [0.3, 0.4) is 0 Å². The van der Waals surface area contributed by atoms with E-state index in [0.717, 1.165) is 19.5 Å². The van der Waals surface area contributed by atoms with Gasteiger partial charge in [-0.2, -0.15) is 0 Å². The molecule has 1 atom stereocenters. The Hall–Kier alpha value is -1.06. The summed E-state index contributed by atoms with van der Waals surface area (Å²) in [6, 6.07) is 8.54. The van der Waals surface area contributed by atoms with Gasteiger partial charge in [-0.1, -0.05) is 26.0 Å². The van der Waals surface area contributed by atoms with Gasteiger partial charge in [-0.3, -0.25) is 0 Å². The van der Waals surface area contributed by atoms with E-state index < -0.39 is 0 Å². The van der Waals surface area contributed by atoms with Crippen molar-refractivity contribution in [1.82, 2.24) is 5.32 Å². The number of anilines is 1. The van der Waals surface area contributed by atoms with Crippen molar-refractivity contribution in [3.8, 4) is 0 Å². The minimum Gasteiger partial charge on any atom is -0.396 e. The van der Waals surface area contributed by atoms with Gasteiger partial charge < -0.3 is 15.3 Å². The van der Waals surface area contributed by atoms with Crippen LogP contribution in [0.2, 0.25) is 0 Å². The highest BCUT2D eigenvalue weighted by Gasteiger charge is 2.19. The molecule has 0 amide bonds. The molecule has 0 bridgehead atoms. The third-order valence-corrected chi connectivity index (χ3v) is 3.57. The lowest BCUT2D eigenvalue weighted by molar-refractivity contribution is 0.135. The first-order valence-electron chi connectivity index (χ1n) is 6.58. The van der Waals surface area contributed by atoms with Gasteiger partial charge in [0.2, 0.25) is 0 Å². The second-order valence-corrected chi connectivity index (χ2v) is 5.49. The van der Waals surface area contributed by atoms with E-state index in [9.17, 15) is 5.11 Å². The van der Waals surface area contributed by atoms with Crippen LogP contribution in [0.1, 0.15) is 25.8 Å². The molecule has 0 aliphatic heterocycles. The summed E-state index contributed by atoms with van der Waals surface area (Å²) in [5, 5.41) is 12.8. The largest absolute Gasteiger partial charge is 0.396 e. The zero-order valence-corrected chi connectivity index (χ0v) is 12.0. The smallest absolute Gasteiger partial charge is 0.0496 e. The average molecular weight is 250 g/mol. The van der Waals surface area contributed by atoms with Crippen LogP contribution in [0.25, 0.3) is 0 Å². The second-order valence-electron chi connectivity index (χ2n) is 5.49. The molecule has 2 N–H and O–H groups in total. The van der Waals surface area contributed by atoms with E-state index in [2.05, 4.69) is 48.3 Å². The Balaban J connectivity index is 2.44. The molecular formula is C15H26N2O. The van der Waals surface area contributed by atoms with Crippen LogP contribution in [0.4, 0.5) is 5.69 Å². The molecule has 0 saturated heterocycles. The van der Waals surface area contributed by atoms with E-state index >= 15 is 0 Å². The van der Waals surface area contributed by atoms with Crippen molar-refractivity contribution in [2.24, 2.45) is 5.41 Å². The molecule has 0 spiro atoms. The fourth-order valence-electron chi connectivity index (χ4n) is 1.71. The summed E-state index contributed by atoms with van der Waals surface area (Å²) in [5.41, 5.74) is 2.48. The number of aliphatic hydroxyl groups excluding tert-OH is 1. The number of rotatable bonds is 7. The lowest BCUT2D eigenvalue weighted by Gasteiger charge is -2.26. The summed E-state index contributed by atoms with van der Waals surface area (Å²) in [4.78, 5) is 2.09. The highest BCUT2D eigenvalue weighted by molar-refractivity contribution is 5.45. The van der Waals surface area contributed by atoms with Gasteiger partial charge in [-0.25, -0.2) is 0 Å². The van der Waals surface area contributed by atoms with Crippen molar-refractivity contribution < 1.29 is 5.11 Å². The van der Waals surface area contributed by atoms with E-state index in [0.29, 0.717) is 0 Å². The fourth-order valence-corrected chi connectivity index (χ4v) is 1.71. The van der Waals surface area contributed by atoms with Crippen LogP contribution in [0.5, 0.6) is 0 Å². The van der Waals surface area contributed by atoms with E-state index in [1.807, 2.05) is 14.1 Å². The maximum absolute atomic E-state index is 9.33. The molecule has 0 radical (unpaired) electrons. The molecule has 1 rings (SSSR count). The van der Waals surface area contributed by atoms with Gasteiger partial charge in [0.25, 0.3) is 0 Å². The average Bonchev–Trinajstić information content (AvgIpc) is 2.39. The van der Waals surface area contributed by atoms with Crippen LogP contribution in [0, 0.1) is 5.41 Å². The first-order valence-corrected chi connectivity index (χ1v) is 6.58. The molecule has 0 aliphatic rings. The maximum Gasteiger partial charge on any atom is 0.0496 e. The van der Waals surface area contributed by atoms with Crippen LogP contribution in [-0.4, -0.2) is 32.4 Å². The third-order valence-electron chi connectivity index (χ3n) is 3.57. The molecule has 1 aromatic rings. The topological polar surface area (TPSA) is 35.5 Å². The van der Waals surface area contributed by atoms with E-state index in [1.165, 1.54) is 11.3 Å². The monoisotopic (exact) mass is 250 g/mol. The normalized spacial score (nSPS) is 14.3. The number of hydrogen-bond acceptors (Lipinski definition) is 3. The Morgan fingerprint density at radius 2 is 1.83 bits per heavy atom. The number of aliphatic hydroxyl groups is 1. The molecule has 3 nitrogen and oxygen atoms in total. The highest BCUT2D eigenvalue weighted by atomic mass is 16.3. The van der Waals surface area contributed by atoms with Gasteiger partial charge >= 0.3 is 0 Å². The quantitative estimate of drug-likeness (QED) is 0.779. The molecule has 0 aromatic heterocycles. The first kappa shape index (κ1) is 15.0. The van der Waals surface area contributed by atoms with Crippen LogP contribution in [-0.2, 0) is 6.54 Å². The van der Waals surface area contributed by atoms with Crippen molar-refractivity contribution in [2.75, 3.05) is 32.1 Å². The molecule has 0 heterocycles. The molecule has 0 fully saturated rings. The number of nitrogens with one attached hydrogen (secondary N) is 1. The summed E-state index contributed by atoms with van der Waals surface area (Å²) in [6.07, 6.45) is 0.982. The van der Waals surface area contributed by atoms with Crippen molar-refractivity contribution in [2.45, 2.75) is 26.8 Å². The molecule has 1 unspecified atom stereocenters. The molecule has 0 saturated carbocycles. The summed E-state index contributed by atoms with van der Waals surface area (Å²) in [6.45, 7) is 6.15. The molecule has 18 heavy (non-hydrogen) atoms. The lowest BCUT2D eigenvalue weighted by Crippen LogP contribution is -2.34. The van der Waals surface area contributed by atoms with Gasteiger partial charge in [0, 0.05) is 44.9 Å². The van der Waals surface area contributed by atoms with Crippen molar-refractivity contribution >= 4 is 5.69 Å². The number of benzene rings is 1. The molecule has 102 valence electrons. The molecular weight excluding hydrogens is 224 g/mol. The standard InChI is InChI=1S/C15H26N2O/c1-5-15(2,12-18)11-16-10-13-6-8-14(9-7-13)17(3)4/h6-9,16,18H,5,10-12H2,1-4H3.